The molecule has 1 aliphatic heterocycles. The summed E-state index contributed by atoms with van der Waals surface area (Å²) in [7, 11) is -1.56. The quantitative estimate of drug-likeness (QED) is 0.750. The molecule has 0 radical (unpaired) electrons. The molecule has 1 rings (SSSR count). The SMILES string of the molecule is CCCCS(=O)(=O)N(C)CC1CC(=O)N(C(C)(C)C)C1. The molecule has 1 saturated heterocycles. The third-order valence-corrected chi connectivity index (χ3v) is 5.66. The van der Waals surface area contributed by atoms with Crippen molar-refractivity contribution >= 4 is 15.9 Å². The lowest BCUT2D eigenvalue weighted by Crippen LogP contribution is -2.43. The van der Waals surface area contributed by atoms with E-state index >= 15 is 0 Å². The number of unbranched alkanes of at least 4 members (excludes halogenated alkanes) is 1. The van der Waals surface area contributed by atoms with E-state index in [1.54, 1.807) is 7.05 Å². The van der Waals surface area contributed by atoms with Crippen molar-refractivity contribution in [3.05, 3.63) is 0 Å². The van der Waals surface area contributed by atoms with Gasteiger partial charge < -0.3 is 4.90 Å². The summed E-state index contributed by atoms with van der Waals surface area (Å²) in [6.45, 7) is 9.09. The predicted octanol–water partition coefficient (Wildman–Crippen LogP) is 1.70. The molecule has 20 heavy (non-hydrogen) atoms. The van der Waals surface area contributed by atoms with E-state index in [-0.39, 0.29) is 23.1 Å². The molecule has 6 heteroatoms. The van der Waals surface area contributed by atoms with Crippen molar-refractivity contribution < 1.29 is 13.2 Å². The minimum Gasteiger partial charge on any atom is -0.338 e. The zero-order chi connectivity index (χ0) is 15.6. The number of hydrogen-bond acceptors (Lipinski definition) is 3. The van der Waals surface area contributed by atoms with Crippen molar-refractivity contribution in [1.29, 1.82) is 0 Å². The summed E-state index contributed by atoms with van der Waals surface area (Å²) in [6, 6.07) is 0. The van der Waals surface area contributed by atoms with E-state index in [1.165, 1.54) is 4.31 Å². The van der Waals surface area contributed by atoms with Crippen LogP contribution in [0.5, 0.6) is 0 Å². The molecule has 0 N–H and O–H groups in total. The molecule has 1 atom stereocenters. The average Bonchev–Trinajstić information content (AvgIpc) is 2.67. The van der Waals surface area contributed by atoms with Crippen LogP contribution >= 0.6 is 0 Å². The summed E-state index contributed by atoms with van der Waals surface area (Å²) in [6.07, 6.45) is 2.00. The number of sulfonamides is 1. The Labute approximate surface area is 123 Å². The molecule has 1 amide bonds. The van der Waals surface area contributed by atoms with Gasteiger partial charge in [-0.3, -0.25) is 4.79 Å². The van der Waals surface area contributed by atoms with E-state index < -0.39 is 10.0 Å². The topological polar surface area (TPSA) is 57.7 Å². The average molecular weight is 304 g/mol. The highest BCUT2D eigenvalue weighted by Gasteiger charge is 2.37. The first-order valence-corrected chi connectivity index (χ1v) is 8.93. The maximum Gasteiger partial charge on any atom is 0.223 e. The van der Waals surface area contributed by atoms with Crippen molar-refractivity contribution in [2.45, 2.75) is 52.5 Å². The Morgan fingerprint density at radius 1 is 1.35 bits per heavy atom. The molecule has 0 bridgehead atoms. The monoisotopic (exact) mass is 304 g/mol. The van der Waals surface area contributed by atoms with Crippen molar-refractivity contribution in [2.24, 2.45) is 5.92 Å². The molecule has 1 fully saturated rings. The number of rotatable bonds is 6. The van der Waals surface area contributed by atoms with Crippen molar-refractivity contribution in [3.63, 3.8) is 0 Å². The normalized spacial score (nSPS) is 21.0. The van der Waals surface area contributed by atoms with Gasteiger partial charge in [0.15, 0.2) is 0 Å². The third-order valence-electron chi connectivity index (χ3n) is 3.76. The van der Waals surface area contributed by atoms with Crippen LogP contribution in [0.25, 0.3) is 0 Å². The zero-order valence-electron chi connectivity index (χ0n) is 13.3. The fraction of sp³-hybridized carbons (Fsp3) is 0.929. The Balaban J connectivity index is 2.61. The number of amides is 1. The molecule has 0 aromatic carbocycles. The fourth-order valence-electron chi connectivity index (χ4n) is 2.51. The summed E-state index contributed by atoms with van der Waals surface area (Å²) in [5, 5.41) is 0. The minimum absolute atomic E-state index is 0.100. The van der Waals surface area contributed by atoms with E-state index in [0.717, 1.165) is 6.42 Å². The van der Waals surface area contributed by atoms with Crippen LogP contribution in [0.2, 0.25) is 0 Å². The second kappa shape index (κ2) is 6.43. The Morgan fingerprint density at radius 2 is 1.95 bits per heavy atom. The molecule has 0 aromatic heterocycles. The first-order valence-electron chi connectivity index (χ1n) is 7.32. The zero-order valence-corrected chi connectivity index (χ0v) is 14.2. The van der Waals surface area contributed by atoms with E-state index in [1.807, 2.05) is 32.6 Å². The molecule has 1 heterocycles. The second-order valence-electron chi connectivity index (χ2n) is 6.70. The predicted molar refractivity (Wildman–Crippen MR) is 80.9 cm³/mol. The van der Waals surface area contributed by atoms with Crippen LogP contribution in [0.1, 0.15) is 47.0 Å². The van der Waals surface area contributed by atoms with E-state index in [2.05, 4.69) is 0 Å². The van der Waals surface area contributed by atoms with Crippen LogP contribution in [-0.2, 0) is 14.8 Å². The van der Waals surface area contributed by atoms with E-state index in [0.29, 0.717) is 25.9 Å². The van der Waals surface area contributed by atoms with Gasteiger partial charge in [-0.1, -0.05) is 13.3 Å². The Morgan fingerprint density at radius 3 is 2.40 bits per heavy atom. The molecule has 1 unspecified atom stereocenters. The van der Waals surface area contributed by atoms with Gasteiger partial charge >= 0.3 is 0 Å². The molecular weight excluding hydrogens is 276 g/mol. The molecule has 1 aliphatic rings. The molecule has 0 aromatic rings. The summed E-state index contributed by atoms with van der Waals surface area (Å²) in [4.78, 5) is 13.8. The molecular formula is C14H28N2O3S. The lowest BCUT2D eigenvalue weighted by molar-refractivity contribution is -0.131. The first-order chi connectivity index (χ1) is 9.08. The lowest BCUT2D eigenvalue weighted by Gasteiger charge is -2.32. The second-order valence-corrected chi connectivity index (χ2v) is 8.89. The maximum atomic E-state index is 12.1. The summed E-state index contributed by atoms with van der Waals surface area (Å²) < 4.78 is 25.6. The van der Waals surface area contributed by atoms with Gasteiger partial charge in [0.1, 0.15) is 0 Å². The molecule has 0 spiro atoms. The Bertz CT molecular complexity index is 440. The third kappa shape index (κ3) is 4.45. The van der Waals surface area contributed by atoms with Gasteiger partial charge in [0.25, 0.3) is 0 Å². The van der Waals surface area contributed by atoms with Gasteiger partial charge in [-0.25, -0.2) is 12.7 Å². The molecule has 5 nitrogen and oxygen atoms in total. The van der Waals surface area contributed by atoms with Gasteiger partial charge in [-0.2, -0.15) is 0 Å². The van der Waals surface area contributed by atoms with Gasteiger partial charge in [-0.05, 0) is 33.1 Å². The largest absolute Gasteiger partial charge is 0.338 e. The van der Waals surface area contributed by atoms with Gasteiger partial charge in [0.05, 0.1) is 5.75 Å². The Kier molecular flexibility index (Phi) is 5.61. The smallest absolute Gasteiger partial charge is 0.223 e. The summed E-state index contributed by atoms with van der Waals surface area (Å²) >= 11 is 0. The molecule has 118 valence electrons. The van der Waals surface area contributed by atoms with Crippen LogP contribution in [0.4, 0.5) is 0 Å². The van der Waals surface area contributed by atoms with Crippen molar-refractivity contribution in [2.75, 3.05) is 25.9 Å². The highest BCUT2D eigenvalue weighted by atomic mass is 32.2. The van der Waals surface area contributed by atoms with E-state index in [9.17, 15) is 13.2 Å². The number of likely N-dealkylation sites (tertiary alicyclic amines) is 1. The lowest BCUT2D eigenvalue weighted by atomic mass is 10.1. The molecule has 0 aliphatic carbocycles. The number of carbonyl (C=O) groups excluding carboxylic acids is 1. The Hall–Kier alpha value is -0.620. The first kappa shape index (κ1) is 17.4. The van der Waals surface area contributed by atoms with Crippen LogP contribution in [0, 0.1) is 5.92 Å². The van der Waals surface area contributed by atoms with Crippen LogP contribution < -0.4 is 0 Å². The van der Waals surface area contributed by atoms with Gasteiger partial charge in [0.2, 0.25) is 15.9 Å². The van der Waals surface area contributed by atoms with Crippen LogP contribution in [0.15, 0.2) is 0 Å². The van der Waals surface area contributed by atoms with E-state index in [4.69, 9.17) is 0 Å². The number of hydrogen-bond donors (Lipinski definition) is 0. The number of carbonyl (C=O) groups is 1. The highest BCUT2D eigenvalue weighted by molar-refractivity contribution is 7.89. The minimum atomic E-state index is -3.18. The maximum absolute atomic E-state index is 12.1. The fourth-order valence-corrected chi connectivity index (χ4v) is 3.91. The van der Waals surface area contributed by atoms with Gasteiger partial charge in [-0.15, -0.1) is 0 Å². The summed E-state index contributed by atoms with van der Waals surface area (Å²) in [5.74, 6) is 0.425. The van der Waals surface area contributed by atoms with Crippen LogP contribution in [-0.4, -0.2) is 55.0 Å². The van der Waals surface area contributed by atoms with Crippen molar-refractivity contribution in [3.8, 4) is 0 Å². The highest BCUT2D eigenvalue weighted by Crippen LogP contribution is 2.26. The van der Waals surface area contributed by atoms with Gasteiger partial charge in [0, 0.05) is 32.1 Å². The number of nitrogens with zero attached hydrogens (tertiary/aromatic N) is 2. The summed E-state index contributed by atoms with van der Waals surface area (Å²) in [5.41, 5.74) is -0.189. The van der Waals surface area contributed by atoms with Crippen molar-refractivity contribution in [1.82, 2.24) is 9.21 Å². The molecule has 0 saturated carbocycles. The van der Waals surface area contributed by atoms with Crippen LogP contribution in [0.3, 0.4) is 0 Å². The standard InChI is InChI=1S/C14H28N2O3S/c1-6-7-8-20(18,19)15(5)10-12-9-13(17)16(11-12)14(2,3)4/h12H,6-11H2,1-5H3.